The number of ether oxygens (including phenoxy) is 1. The van der Waals surface area contributed by atoms with Gasteiger partial charge in [0.1, 0.15) is 28.6 Å². The minimum Gasteiger partial charge on any atom is -0.372 e. The summed E-state index contributed by atoms with van der Waals surface area (Å²) in [6.45, 7) is 3.42. The average Bonchev–Trinajstić information content (AvgIpc) is 3.02. The maximum Gasteiger partial charge on any atom is 0.216 e. The Balaban J connectivity index is 2.23. The third-order valence-corrected chi connectivity index (χ3v) is 6.13. The quantitative estimate of drug-likeness (QED) is 0.650. The van der Waals surface area contributed by atoms with Crippen molar-refractivity contribution in [1.82, 2.24) is 9.97 Å². The molecule has 0 spiro atoms. The zero-order valence-electron chi connectivity index (χ0n) is 15.7. The number of nitrogens with one attached hydrogen (secondary N) is 1. The lowest BCUT2D eigenvalue weighted by atomic mass is 9.96. The van der Waals surface area contributed by atoms with Crippen molar-refractivity contribution >= 4 is 21.1 Å². The highest BCUT2D eigenvalue weighted by Gasteiger charge is 2.31. The number of H-pyrrole nitrogens is 1. The van der Waals surface area contributed by atoms with Crippen LogP contribution >= 0.6 is 0 Å². The van der Waals surface area contributed by atoms with Crippen LogP contribution in [0, 0.1) is 18.6 Å². The summed E-state index contributed by atoms with van der Waals surface area (Å²) >= 11 is 0. The number of aryl methyl sites for hydroxylation is 1. The first-order valence-corrected chi connectivity index (χ1v) is 10.3. The van der Waals surface area contributed by atoms with Gasteiger partial charge in [-0.25, -0.2) is 27.3 Å². The number of benzene rings is 1. The van der Waals surface area contributed by atoms with Crippen molar-refractivity contribution < 1.29 is 21.9 Å². The topological polar surface area (TPSA) is 98.1 Å². The van der Waals surface area contributed by atoms with Crippen molar-refractivity contribution in [3.05, 3.63) is 64.5 Å². The number of rotatable bonds is 6. The summed E-state index contributed by atoms with van der Waals surface area (Å²) in [6.07, 6.45) is 2.20. The molecule has 3 rings (SSSR count). The monoisotopic (exact) mass is 409 g/mol. The first kappa shape index (κ1) is 20.4. The number of fused-ring (bicyclic) bond motifs is 1. The van der Waals surface area contributed by atoms with Crippen LogP contribution in [0.4, 0.5) is 8.78 Å². The number of methoxy groups -OCH3 is 1. The van der Waals surface area contributed by atoms with E-state index in [9.17, 15) is 12.8 Å². The number of aromatic amines is 1. The Morgan fingerprint density at radius 1 is 1.29 bits per heavy atom. The second kappa shape index (κ2) is 7.57. The number of halogens is 2. The number of pyridine rings is 1. The maximum absolute atomic E-state index is 15.3. The van der Waals surface area contributed by atoms with Crippen molar-refractivity contribution in [1.29, 1.82) is 0 Å². The molecule has 2 atom stereocenters. The fourth-order valence-electron chi connectivity index (χ4n) is 3.45. The Bertz CT molecular complexity index is 1130. The predicted molar refractivity (Wildman–Crippen MR) is 102 cm³/mol. The Hall–Kier alpha value is -2.36. The molecule has 2 aromatic heterocycles. The number of hydrogen-bond donors (Lipinski definition) is 2. The van der Waals surface area contributed by atoms with E-state index in [-0.39, 0.29) is 17.5 Å². The molecule has 0 fully saturated rings. The first-order chi connectivity index (χ1) is 13.2. The number of sulfonamides is 1. The van der Waals surface area contributed by atoms with Crippen molar-refractivity contribution in [2.75, 3.05) is 7.11 Å². The van der Waals surface area contributed by atoms with E-state index in [1.165, 1.54) is 7.11 Å². The van der Waals surface area contributed by atoms with Gasteiger partial charge in [-0.1, -0.05) is 13.0 Å². The number of hydrogen-bond acceptors (Lipinski definition) is 4. The van der Waals surface area contributed by atoms with Gasteiger partial charge in [0.2, 0.25) is 10.0 Å². The summed E-state index contributed by atoms with van der Waals surface area (Å²) in [5.41, 5.74) is 1.36. The highest BCUT2D eigenvalue weighted by Crippen LogP contribution is 2.37. The van der Waals surface area contributed by atoms with E-state index in [1.807, 2.05) is 13.0 Å². The van der Waals surface area contributed by atoms with Gasteiger partial charge in [0.05, 0.1) is 5.56 Å². The largest absolute Gasteiger partial charge is 0.372 e. The van der Waals surface area contributed by atoms with Gasteiger partial charge >= 0.3 is 0 Å². The second-order valence-corrected chi connectivity index (χ2v) is 8.37. The molecule has 3 aromatic rings. The van der Waals surface area contributed by atoms with E-state index < -0.39 is 33.0 Å². The lowest BCUT2D eigenvalue weighted by Crippen LogP contribution is -2.23. The van der Waals surface area contributed by atoms with Crippen LogP contribution in [0.2, 0.25) is 0 Å². The molecule has 0 aliphatic heterocycles. The molecular formula is C19H21F2N3O3S. The maximum atomic E-state index is 15.3. The summed E-state index contributed by atoms with van der Waals surface area (Å²) in [4.78, 5) is 7.21. The van der Waals surface area contributed by atoms with E-state index in [0.29, 0.717) is 16.6 Å². The third-order valence-electron chi connectivity index (χ3n) is 4.75. The summed E-state index contributed by atoms with van der Waals surface area (Å²) in [6, 6.07) is 3.98. The van der Waals surface area contributed by atoms with Crippen LogP contribution in [0.1, 0.15) is 47.0 Å². The molecule has 1 aromatic carbocycles. The zero-order valence-corrected chi connectivity index (χ0v) is 16.5. The van der Waals surface area contributed by atoms with Crippen molar-refractivity contribution in [2.24, 2.45) is 5.14 Å². The highest BCUT2D eigenvalue weighted by atomic mass is 32.2. The van der Waals surface area contributed by atoms with Crippen molar-refractivity contribution in [2.45, 2.75) is 31.6 Å². The van der Waals surface area contributed by atoms with Gasteiger partial charge in [0.25, 0.3) is 0 Å². The van der Waals surface area contributed by atoms with Gasteiger partial charge in [-0.05, 0) is 31.0 Å². The van der Waals surface area contributed by atoms with E-state index in [0.717, 1.165) is 17.7 Å². The number of nitrogens with two attached hydrogens (primary N) is 1. The molecule has 150 valence electrons. The molecule has 3 N–H and O–H groups in total. The number of aromatic nitrogens is 2. The highest BCUT2D eigenvalue weighted by molar-refractivity contribution is 7.89. The smallest absolute Gasteiger partial charge is 0.216 e. The Kier molecular flexibility index (Phi) is 5.51. The van der Waals surface area contributed by atoms with Crippen LogP contribution in [0.25, 0.3) is 11.0 Å². The van der Waals surface area contributed by atoms with Gasteiger partial charge in [0.15, 0.2) is 0 Å². The Morgan fingerprint density at radius 3 is 2.61 bits per heavy atom. The lowest BCUT2D eigenvalue weighted by Gasteiger charge is -2.21. The van der Waals surface area contributed by atoms with Crippen molar-refractivity contribution in [3.63, 3.8) is 0 Å². The van der Waals surface area contributed by atoms with Crippen LogP contribution in [-0.2, 0) is 14.8 Å². The van der Waals surface area contributed by atoms with E-state index in [4.69, 9.17) is 9.88 Å². The SMILES string of the molecule is CCC(c1ccc(F)c(C(OC)c2c[nH]c3ncc(C)cc23)c1F)S(N)(=O)=O. The number of nitrogens with zero attached hydrogens (tertiary/aromatic N) is 1. The first-order valence-electron chi connectivity index (χ1n) is 8.64. The predicted octanol–water partition coefficient (Wildman–Crippen LogP) is 3.62. The van der Waals surface area contributed by atoms with Crippen LogP contribution < -0.4 is 5.14 Å². The van der Waals surface area contributed by atoms with Gasteiger partial charge in [0, 0.05) is 36.0 Å². The van der Waals surface area contributed by atoms with Crippen LogP contribution in [0.5, 0.6) is 0 Å². The second-order valence-electron chi connectivity index (χ2n) is 6.62. The molecule has 0 radical (unpaired) electrons. The number of primary sulfonamides is 1. The van der Waals surface area contributed by atoms with Gasteiger partial charge in [-0.15, -0.1) is 0 Å². The zero-order chi connectivity index (χ0) is 20.6. The molecule has 2 heterocycles. The van der Waals surface area contributed by atoms with Crippen LogP contribution in [0.3, 0.4) is 0 Å². The third kappa shape index (κ3) is 3.52. The molecule has 0 aliphatic rings. The van der Waals surface area contributed by atoms with Crippen LogP contribution in [0.15, 0.2) is 30.6 Å². The van der Waals surface area contributed by atoms with E-state index in [2.05, 4.69) is 9.97 Å². The van der Waals surface area contributed by atoms with E-state index >= 15 is 4.39 Å². The molecule has 0 aliphatic carbocycles. The Morgan fingerprint density at radius 2 is 2.00 bits per heavy atom. The summed E-state index contributed by atoms with van der Waals surface area (Å²) in [5.74, 6) is -1.82. The lowest BCUT2D eigenvalue weighted by molar-refractivity contribution is 0.130. The molecule has 0 saturated carbocycles. The summed E-state index contributed by atoms with van der Waals surface area (Å²) in [7, 11) is -2.74. The van der Waals surface area contributed by atoms with Gasteiger partial charge in [-0.2, -0.15) is 0 Å². The minimum absolute atomic E-state index is 0.0503. The standard InChI is InChI=1S/C19H21F2N3O3S/c1-4-15(28(22,25)26)11-5-6-14(20)16(17(11)21)18(27-3)13-9-24-19-12(13)7-10(2)8-23-19/h5-9,15,18H,4H2,1-3H3,(H,23,24)(H2,22,25,26). The van der Waals surface area contributed by atoms with Gasteiger partial charge in [-0.3, -0.25) is 0 Å². The van der Waals surface area contributed by atoms with Crippen molar-refractivity contribution in [3.8, 4) is 0 Å². The molecular weight excluding hydrogens is 388 g/mol. The summed E-state index contributed by atoms with van der Waals surface area (Å²) < 4.78 is 59.2. The summed E-state index contributed by atoms with van der Waals surface area (Å²) in [5, 5.41) is 4.62. The molecule has 0 amide bonds. The molecule has 28 heavy (non-hydrogen) atoms. The molecule has 0 saturated heterocycles. The average molecular weight is 409 g/mol. The van der Waals surface area contributed by atoms with E-state index in [1.54, 1.807) is 19.3 Å². The Labute approximate surface area is 161 Å². The molecule has 2 unspecified atom stereocenters. The van der Waals surface area contributed by atoms with Crippen LogP contribution in [-0.4, -0.2) is 25.5 Å². The fraction of sp³-hybridized carbons (Fsp3) is 0.316. The minimum atomic E-state index is -4.07. The van der Waals surface area contributed by atoms with Gasteiger partial charge < -0.3 is 9.72 Å². The normalized spacial score (nSPS) is 14.4. The molecule has 9 heteroatoms. The fourth-order valence-corrected chi connectivity index (χ4v) is 4.45. The molecule has 6 nitrogen and oxygen atoms in total. The molecule has 0 bridgehead atoms.